The van der Waals surface area contributed by atoms with E-state index < -0.39 is 5.95 Å². The summed E-state index contributed by atoms with van der Waals surface area (Å²) in [5, 5.41) is 0. The van der Waals surface area contributed by atoms with Gasteiger partial charge in [-0.1, -0.05) is 0 Å². The van der Waals surface area contributed by atoms with Gasteiger partial charge in [-0.2, -0.15) is 9.37 Å². The Hall–Kier alpha value is -1.89. The Morgan fingerprint density at radius 1 is 1.47 bits per heavy atom. The average molecular weight is 270 g/mol. The number of morpholine rings is 1. The molecule has 1 fully saturated rings. The van der Waals surface area contributed by atoms with Crippen LogP contribution in [0, 0.1) is 5.95 Å². The van der Waals surface area contributed by atoms with Crippen LogP contribution in [-0.4, -0.2) is 55.8 Å². The van der Waals surface area contributed by atoms with Crippen molar-refractivity contribution in [2.75, 3.05) is 40.0 Å². The molecule has 1 aliphatic heterocycles. The topological polar surface area (TPSA) is 60.9 Å². The summed E-state index contributed by atoms with van der Waals surface area (Å²) < 4.78 is 28.5. The zero-order valence-electron chi connectivity index (χ0n) is 10.6. The first-order valence-corrected chi connectivity index (χ1v) is 5.89. The molecule has 0 radical (unpaired) electrons. The molecular weight excluding hydrogens is 255 g/mol. The molecule has 2 rings (SSSR count). The van der Waals surface area contributed by atoms with Crippen LogP contribution in [-0.2, 0) is 9.53 Å². The molecule has 7 heteroatoms. The summed E-state index contributed by atoms with van der Waals surface area (Å²) in [6.07, 6.45) is 0. The van der Waals surface area contributed by atoms with E-state index in [1.54, 1.807) is 4.90 Å². The first kappa shape index (κ1) is 13.5. The number of methoxy groups -OCH3 is 1. The largest absolute Gasteiger partial charge is 0.481 e. The lowest BCUT2D eigenvalue weighted by atomic mass is 10.4. The number of halogens is 1. The third-order valence-corrected chi connectivity index (χ3v) is 2.71. The highest BCUT2D eigenvalue weighted by Gasteiger charge is 2.18. The van der Waals surface area contributed by atoms with Crippen LogP contribution >= 0.6 is 0 Å². The summed E-state index contributed by atoms with van der Waals surface area (Å²) in [4.78, 5) is 16.9. The standard InChI is InChI=1S/C12H15FN2O4/c1-17-10-3-2-9(12(13)14-10)19-8-11(16)15-4-6-18-7-5-15/h2-3H,4-8H2,1H3. The quantitative estimate of drug-likeness (QED) is 0.744. The van der Waals surface area contributed by atoms with Crippen molar-refractivity contribution in [2.45, 2.75) is 0 Å². The number of hydrogen-bond donors (Lipinski definition) is 0. The van der Waals surface area contributed by atoms with Crippen LogP contribution in [0.3, 0.4) is 0 Å². The summed E-state index contributed by atoms with van der Waals surface area (Å²) in [6, 6.07) is 2.85. The molecule has 0 unspecified atom stereocenters. The Morgan fingerprint density at radius 3 is 2.84 bits per heavy atom. The SMILES string of the molecule is COc1ccc(OCC(=O)N2CCOCC2)c(F)n1. The molecule has 6 nitrogen and oxygen atoms in total. The van der Waals surface area contributed by atoms with Gasteiger partial charge >= 0.3 is 0 Å². The van der Waals surface area contributed by atoms with Gasteiger partial charge in [0.15, 0.2) is 12.4 Å². The van der Waals surface area contributed by atoms with Crippen LogP contribution in [0.25, 0.3) is 0 Å². The molecule has 0 saturated carbocycles. The van der Waals surface area contributed by atoms with E-state index in [0.717, 1.165) is 0 Å². The van der Waals surface area contributed by atoms with E-state index in [4.69, 9.17) is 14.2 Å². The van der Waals surface area contributed by atoms with Crippen molar-refractivity contribution in [3.05, 3.63) is 18.1 Å². The first-order chi connectivity index (χ1) is 9.20. The van der Waals surface area contributed by atoms with Gasteiger partial charge in [-0.05, 0) is 6.07 Å². The Morgan fingerprint density at radius 2 is 2.21 bits per heavy atom. The van der Waals surface area contributed by atoms with Gasteiger partial charge in [-0.15, -0.1) is 0 Å². The Kier molecular flexibility index (Phi) is 4.51. The second-order valence-corrected chi connectivity index (χ2v) is 3.92. The van der Waals surface area contributed by atoms with E-state index in [-0.39, 0.29) is 24.1 Å². The number of pyridine rings is 1. The van der Waals surface area contributed by atoms with E-state index in [1.807, 2.05) is 0 Å². The summed E-state index contributed by atoms with van der Waals surface area (Å²) in [7, 11) is 1.39. The molecule has 0 N–H and O–H groups in total. The van der Waals surface area contributed by atoms with Crippen molar-refractivity contribution < 1.29 is 23.4 Å². The average Bonchev–Trinajstić information content (AvgIpc) is 2.46. The molecule has 0 aromatic carbocycles. The van der Waals surface area contributed by atoms with E-state index >= 15 is 0 Å². The number of ether oxygens (including phenoxy) is 3. The molecule has 0 spiro atoms. The highest BCUT2D eigenvalue weighted by atomic mass is 19.1. The maximum Gasteiger partial charge on any atom is 0.260 e. The highest BCUT2D eigenvalue weighted by Crippen LogP contribution is 2.18. The van der Waals surface area contributed by atoms with Crippen molar-refractivity contribution in [1.82, 2.24) is 9.88 Å². The minimum Gasteiger partial charge on any atom is -0.481 e. The second kappa shape index (κ2) is 6.33. The summed E-state index contributed by atoms with van der Waals surface area (Å²) in [5.41, 5.74) is 0. The number of aromatic nitrogens is 1. The van der Waals surface area contributed by atoms with Gasteiger partial charge in [0.25, 0.3) is 11.9 Å². The highest BCUT2D eigenvalue weighted by molar-refractivity contribution is 5.77. The normalized spacial score (nSPS) is 15.2. The molecule has 0 aliphatic carbocycles. The van der Waals surface area contributed by atoms with E-state index in [1.165, 1.54) is 19.2 Å². The van der Waals surface area contributed by atoms with Gasteiger partial charge < -0.3 is 19.1 Å². The lowest BCUT2D eigenvalue weighted by Crippen LogP contribution is -2.43. The van der Waals surface area contributed by atoms with Crippen molar-refractivity contribution in [1.29, 1.82) is 0 Å². The second-order valence-electron chi connectivity index (χ2n) is 3.92. The van der Waals surface area contributed by atoms with Crippen LogP contribution < -0.4 is 9.47 Å². The number of rotatable bonds is 4. The summed E-state index contributed by atoms with van der Waals surface area (Å²) in [6.45, 7) is 1.89. The van der Waals surface area contributed by atoms with Crippen LogP contribution in [0.15, 0.2) is 12.1 Å². The van der Waals surface area contributed by atoms with Crippen LogP contribution in [0.4, 0.5) is 4.39 Å². The fourth-order valence-corrected chi connectivity index (χ4v) is 1.67. The molecule has 0 bridgehead atoms. The number of nitrogens with zero attached hydrogens (tertiary/aromatic N) is 2. The number of hydrogen-bond acceptors (Lipinski definition) is 5. The molecule has 19 heavy (non-hydrogen) atoms. The minimum atomic E-state index is -0.797. The van der Waals surface area contributed by atoms with Gasteiger partial charge in [0.2, 0.25) is 5.88 Å². The maximum absolute atomic E-state index is 13.5. The zero-order valence-corrected chi connectivity index (χ0v) is 10.6. The summed E-state index contributed by atoms with van der Waals surface area (Å²) >= 11 is 0. The predicted molar refractivity (Wildman–Crippen MR) is 63.6 cm³/mol. The van der Waals surface area contributed by atoms with E-state index in [0.29, 0.717) is 26.3 Å². The molecule has 1 aliphatic rings. The number of carbonyl (C=O) groups excluding carboxylic acids is 1. The van der Waals surface area contributed by atoms with Gasteiger partial charge in [-0.25, -0.2) is 0 Å². The minimum absolute atomic E-state index is 0.0672. The van der Waals surface area contributed by atoms with Crippen molar-refractivity contribution in [3.63, 3.8) is 0 Å². The van der Waals surface area contributed by atoms with E-state index in [2.05, 4.69) is 4.98 Å². The molecule has 1 aromatic heterocycles. The molecule has 0 atom stereocenters. The van der Waals surface area contributed by atoms with Crippen LogP contribution in [0.2, 0.25) is 0 Å². The molecule has 1 saturated heterocycles. The molecule has 1 amide bonds. The van der Waals surface area contributed by atoms with Gasteiger partial charge in [0, 0.05) is 19.2 Å². The number of carbonyl (C=O) groups is 1. The molecule has 2 heterocycles. The predicted octanol–water partition coefficient (Wildman–Crippen LogP) is 0.467. The fourth-order valence-electron chi connectivity index (χ4n) is 1.67. The van der Waals surface area contributed by atoms with E-state index in [9.17, 15) is 9.18 Å². The first-order valence-electron chi connectivity index (χ1n) is 5.89. The van der Waals surface area contributed by atoms with Gasteiger partial charge in [0.05, 0.1) is 20.3 Å². The molecule has 1 aromatic rings. The smallest absolute Gasteiger partial charge is 0.260 e. The van der Waals surface area contributed by atoms with Gasteiger partial charge in [-0.3, -0.25) is 4.79 Å². The lowest BCUT2D eigenvalue weighted by molar-refractivity contribution is -0.137. The summed E-state index contributed by atoms with van der Waals surface area (Å²) in [5.74, 6) is -0.903. The fraction of sp³-hybridized carbons (Fsp3) is 0.500. The third kappa shape index (κ3) is 3.54. The number of amides is 1. The van der Waals surface area contributed by atoms with Crippen molar-refractivity contribution in [2.24, 2.45) is 0 Å². The Balaban J connectivity index is 1.89. The van der Waals surface area contributed by atoms with Crippen molar-refractivity contribution in [3.8, 4) is 11.6 Å². The van der Waals surface area contributed by atoms with Crippen LogP contribution in [0.5, 0.6) is 11.6 Å². The molecular formula is C12H15FN2O4. The lowest BCUT2D eigenvalue weighted by Gasteiger charge is -2.26. The molecule has 104 valence electrons. The van der Waals surface area contributed by atoms with Crippen molar-refractivity contribution >= 4 is 5.91 Å². The third-order valence-electron chi connectivity index (χ3n) is 2.71. The van der Waals surface area contributed by atoms with Gasteiger partial charge in [0.1, 0.15) is 0 Å². The van der Waals surface area contributed by atoms with Crippen LogP contribution in [0.1, 0.15) is 0 Å². The Bertz CT molecular complexity index is 449. The maximum atomic E-state index is 13.5. The monoisotopic (exact) mass is 270 g/mol. The zero-order chi connectivity index (χ0) is 13.7. The Labute approximate surface area is 110 Å².